The summed E-state index contributed by atoms with van der Waals surface area (Å²) < 4.78 is 85.8. The molecule has 0 aliphatic carbocycles. The van der Waals surface area contributed by atoms with Crippen LogP contribution in [-0.4, -0.2) is 32.0 Å². The van der Waals surface area contributed by atoms with Crippen molar-refractivity contribution in [1.29, 1.82) is 0 Å². The largest absolute Gasteiger partial charge is 0.493 e. The second-order valence-electron chi connectivity index (χ2n) is 5.98. The Balaban J connectivity index is 2.01. The van der Waals surface area contributed by atoms with Gasteiger partial charge in [-0.05, 0) is 74.0 Å². The average Bonchev–Trinajstić information content (AvgIpc) is 2.78. The van der Waals surface area contributed by atoms with Gasteiger partial charge in [0.2, 0.25) is 0 Å². The minimum absolute atomic E-state index is 0.0140. The number of hydrogen-bond acceptors (Lipinski definition) is 4. The van der Waals surface area contributed by atoms with Crippen molar-refractivity contribution in [2.45, 2.75) is 45.6 Å². The number of unbranched alkanes of at least 4 members (excludes halogenated alkanes) is 1. The molecule has 1 atom stereocenters. The van der Waals surface area contributed by atoms with Crippen LogP contribution < -0.4 is 14.2 Å². The maximum atomic E-state index is 10.3. The van der Waals surface area contributed by atoms with Gasteiger partial charge in [-0.2, -0.15) is 0 Å². The molecule has 4 heteroatoms. The molecule has 0 saturated carbocycles. The lowest BCUT2D eigenvalue weighted by molar-refractivity contribution is 0.0976. The zero-order valence-electron chi connectivity index (χ0n) is 24.3. The Labute approximate surface area is 169 Å². The van der Waals surface area contributed by atoms with E-state index in [4.69, 9.17) is 26.5 Å². The average molecular weight is 368 g/mol. The minimum atomic E-state index is -2.86. The molecule has 0 aromatic heterocycles. The van der Waals surface area contributed by atoms with Crippen molar-refractivity contribution >= 4 is 0 Å². The van der Waals surface area contributed by atoms with Gasteiger partial charge >= 0.3 is 0 Å². The first-order chi connectivity index (χ1) is 16.2. The Morgan fingerprint density at radius 1 is 1.04 bits per heavy atom. The lowest BCUT2D eigenvalue weighted by Gasteiger charge is -2.13. The van der Waals surface area contributed by atoms with Crippen LogP contribution in [0.25, 0.3) is 0 Å². The van der Waals surface area contributed by atoms with Crippen molar-refractivity contribution in [3.05, 3.63) is 52.9 Å². The van der Waals surface area contributed by atoms with E-state index in [1.807, 2.05) is 0 Å². The SMILES string of the molecule is [2H]c1c([2H])c(OCC(O)CCCCc2c([2H])c([2H])c(OC([2H])([2H])[2H])c(OC)c2[2H])c([2H])c(C)c1C. The van der Waals surface area contributed by atoms with Gasteiger partial charge in [-0.3, -0.25) is 0 Å². The predicted molar refractivity (Wildman–Crippen MR) is 105 cm³/mol. The van der Waals surface area contributed by atoms with Gasteiger partial charge in [-0.1, -0.05) is 18.5 Å². The van der Waals surface area contributed by atoms with Crippen LogP contribution in [0.15, 0.2) is 36.3 Å². The van der Waals surface area contributed by atoms with E-state index in [0.717, 1.165) is 0 Å². The molecule has 0 bridgehead atoms. The Kier molecular flexibility index (Phi) is 4.20. The summed E-state index contributed by atoms with van der Waals surface area (Å²) in [4.78, 5) is 0. The van der Waals surface area contributed by atoms with E-state index in [1.165, 1.54) is 7.11 Å². The van der Waals surface area contributed by atoms with Gasteiger partial charge in [0.15, 0.2) is 11.5 Å². The van der Waals surface area contributed by atoms with Gasteiger partial charge in [0.25, 0.3) is 0 Å². The molecule has 0 amide bonds. The molecule has 26 heavy (non-hydrogen) atoms. The lowest BCUT2D eigenvalue weighted by atomic mass is 10.0. The van der Waals surface area contributed by atoms with Crippen molar-refractivity contribution in [2.24, 2.45) is 0 Å². The first-order valence-corrected chi connectivity index (χ1v) is 8.44. The summed E-state index contributed by atoms with van der Waals surface area (Å²) in [5.74, 6) is -0.724. The summed E-state index contributed by atoms with van der Waals surface area (Å²) in [6, 6.07) is -1.19. The number of benzene rings is 2. The molecule has 2 rings (SSSR count). The van der Waals surface area contributed by atoms with Crippen molar-refractivity contribution in [3.8, 4) is 17.2 Å². The lowest BCUT2D eigenvalue weighted by Crippen LogP contribution is -2.17. The highest BCUT2D eigenvalue weighted by Crippen LogP contribution is 2.28. The van der Waals surface area contributed by atoms with Gasteiger partial charge in [0.05, 0.1) is 32.6 Å². The Bertz CT molecular complexity index is 1040. The molecular weight excluding hydrogens is 328 g/mol. The number of hydrogen-bond donors (Lipinski definition) is 1. The second-order valence-corrected chi connectivity index (χ2v) is 5.98. The second kappa shape index (κ2) is 10.1. The molecule has 4 nitrogen and oxygen atoms in total. The number of aliphatic hydroxyl groups is 1. The molecule has 0 heterocycles. The molecule has 0 aliphatic heterocycles. The Morgan fingerprint density at radius 3 is 2.65 bits per heavy atom. The molecule has 0 spiro atoms. The molecule has 0 aliphatic rings. The van der Waals surface area contributed by atoms with Crippen molar-refractivity contribution < 1.29 is 31.7 Å². The summed E-state index contributed by atoms with van der Waals surface area (Å²) >= 11 is 0. The third-order valence-corrected chi connectivity index (χ3v) is 3.96. The predicted octanol–water partition coefficient (Wildman–Crippen LogP) is 4.47. The molecule has 2 aromatic carbocycles. The van der Waals surface area contributed by atoms with E-state index in [9.17, 15) is 5.11 Å². The van der Waals surface area contributed by atoms with Crippen LogP contribution in [0.2, 0.25) is 0 Å². The first kappa shape index (κ1) is 10.8. The topological polar surface area (TPSA) is 47.9 Å². The van der Waals surface area contributed by atoms with Gasteiger partial charge in [-0.25, -0.2) is 0 Å². The van der Waals surface area contributed by atoms with Gasteiger partial charge in [0.1, 0.15) is 12.4 Å². The van der Waals surface area contributed by atoms with E-state index >= 15 is 0 Å². The summed E-state index contributed by atoms with van der Waals surface area (Å²) in [6.45, 7) is 3.20. The zero-order valence-corrected chi connectivity index (χ0v) is 15.3. The highest BCUT2D eigenvalue weighted by atomic mass is 16.5. The van der Waals surface area contributed by atoms with E-state index in [-0.39, 0.29) is 60.3 Å². The van der Waals surface area contributed by atoms with Crippen LogP contribution in [0, 0.1) is 13.8 Å². The number of aliphatic hydroxyl groups excluding tert-OH is 1. The fourth-order valence-corrected chi connectivity index (χ4v) is 2.31. The standard InChI is InChI=1S/C22H30O4/c1-16-9-11-20(13-17(16)2)26-15-19(23)8-6-5-7-18-10-12-21(24-3)22(14-18)25-4/h9-14,19,23H,5-8,15H2,1-4H3/i3D3,9D,10D,11D,12D,13D,14D. The highest BCUT2D eigenvalue weighted by molar-refractivity contribution is 5.42. The Hall–Kier alpha value is -2.20. The molecular formula is C22H30O4. The van der Waals surface area contributed by atoms with Gasteiger partial charge in [-0.15, -0.1) is 0 Å². The highest BCUT2D eigenvalue weighted by Gasteiger charge is 2.07. The van der Waals surface area contributed by atoms with Crippen LogP contribution in [0.5, 0.6) is 17.2 Å². The molecule has 2 aromatic rings. The Morgan fingerprint density at radius 2 is 1.88 bits per heavy atom. The summed E-state index contributed by atoms with van der Waals surface area (Å²) in [7, 11) is -1.63. The third kappa shape index (κ3) is 5.95. The zero-order chi connectivity index (χ0) is 26.7. The number of rotatable bonds is 10. The van der Waals surface area contributed by atoms with Crippen LogP contribution in [-0.2, 0) is 6.42 Å². The fraction of sp³-hybridized carbons (Fsp3) is 0.455. The quantitative estimate of drug-likeness (QED) is 0.629. The van der Waals surface area contributed by atoms with Crippen molar-refractivity contribution in [2.75, 3.05) is 20.8 Å². The van der Waals surface area contributed by atoms with Gasteiger partial charge < -0.3 is 19.3 Å². The van der Waals surface area contributed by atoms with E-state index in [1.54, 1.807) is 13.8 Å². The molecule has 0 saturated heterocycles. The number of ether oxygens (including phenoxy) is 3. The van der Waals surface area contributed by atoms with Crippen LogP contribution in [0.4, 0.5) is 0 Å². The molecule has 1 N–H and O–H groups in total. The monoisotopic (exact) mass is 367 g/mol. The maximum Gasteiger partial charge on any atom is 0.160 e. The van der Waals surface area contributed by atoms with Crippen LogP contribution in [0.1, 0.15) is 48.3 Å². The maximum absolute atomic E-state index is 10.3. The van der Waals surface area contributed by atoms with E-state index in [0.29, 0.717) is 30.4 Å². The third-order valence-electron chi connectivity index (χ3n) is 3.96. The van der Waals surface area contributed by atoms with Gasteiger partial charge in [0, 0.05) is 0 Å². The summed E-state index contributed by atoms with van der Waals surface area (Å²) in [5.41, 5.74) is 1.31. The molecule has 0 fully saturated rings. The molecule has 142 valence electrons. The number of methoxy groups -OCH3 is 2. The van der Waals surface area contributed by atoms with Crippen LogP contribution >= 0.6 is 0 Å². The van der Waals surface area contributed by atoms with Crippen LogP contribution in [0.3, 0.4) is 0 Å². The first-order valence-electron chi connectivity index (χ1n) is 12.9. The minimum Gasteiger partial charge on any atom is -0.493 e. The van der Waals surface area contributed by atoms with Crippen molar-refractivity contribution in [1.82, 2.24) is 0 Å². The summed E-state index contributed by atoms with van der Waals surface area (Å²) in [6.07, 6.45) is 0.599. The molecule has 0 radical (unpaired) electrons. The normalized spacial score (nSPS) is 17.3. The summed E-state index contributed by atoms with van der Waals surface area (Å²) in [5, 5.41) is 10.3. The van der Waals surface area contributed by atoms with Crippen molar-refractivity contribution in [3.63, 3.8) is 0 Å². The molecule has 1 unspecified atom stereocenters. The fourth-order valence-electron chi connectivity index (χ4n) is 2.31. The smallest absolute Gasteiger partial charge is 0.160 e. The van der Waals surface area contributed by atoms with E-state index in [2.05, 4.69) is 0 Å². The van der Waals surface area contributed by atoms with E-state index < -0.39 is 24.9 Å².